The summed E-state index contributed by atoms with van der Waals surface area (Å²) in [6.45, 7) is 5.82. The highest BCUT2D eigenvalue weighted by molar-refractivity contribution is 7.99. The lowest BCUT2D eigenvalue weighted by Gasteiger charge is -2.26. The Balaban J connectivity index is 1.36. The van der Waals surface area contributed by atoms with Gasteiger partial charge in [0.15, 0.2) is 16.7 Å². The average molecular weight is 498 g/mol. The summed E-state index contributed by atoms with van der Waals surface area (Å²) in [4.78, 5) is 32.8. The molecule has 176 valence electrons. The molecule has 1 amide bonds. The summed E-state index contributed by atoms with van der Waals surface area (Å²) in [6.07, 6.45) is 3.47. The number of hydrogen-bond acceptors (Lipinski definition) is 6. The van der Waals surface area contributed by atoms with E-state index in [0.29, 0.717) is 47.4 Å². The summed E-state index contributed by atoms with van der Waals surface area (Å²) in [7, 11) is 0. The number of hydrogen-bond donors (Lipinski definition) is 0. The number of halogens is 1. The molecule has 0 unspecified atom stereocenters. The smallest absolute Gasteiger partial charge is 0.262 e. The minimum Gasteiger partial charge on any atom is -0.486 e. The van der Waals surface area contributed by atoms with E-state index in [2.05, 4.69) is 11.6 Å². The van der Waals surface area contributed by atoms with Gasteiger partial charge in [0.05, 0.1) is 22.7 Å². The summed E-state index contributed by atoms with van der Waals surface area (Å²) in [5.41, 5.74) is 1.40. The van der Waals surface area contributed by atoms with E-state index >= 15 is 0 Å². The van der Waals surface area contributed by atoms with Crippen molar-refractivity contribution in [2.75, 3.05) is 25.5 Å². The maximum atomic E-state index is 13.2. The fourth-order valence-electron chi connectivity index (χ4n) is 4.46. The summed E-state index contributed by atoms with van der Waals surface area (Å²) >= 11 is 7.34. The molecular weight excluding hydrogens is 474 g/mol. The van der Waals surface area contributed by atoms with Gasteiger partial charge < -0.3 is 14.4 Å². The molecule has 0 spiro atoms. The van der Waals surface area contributed by atoms with Gasteiger partial charge in [0.2, 0.25) is 5.91 Å². The molecule has 2 aliphatic rings. The molecule has 0 radical (unpaired) electrons. The average Bonchev–Trinajstić information content (AvgIpc) is 3.35. The highest BCUT2D eigenvalue weighted by Crippen LogP contribution is 2.38. The number of amides is 1. The molecule has 34 heavy (non-hydrogen) atoms. The molecule has 5 rings (SSSR count). The van der Waals surface area contributed by atoms with Crippen molar-refractivity contribution in [2.24, 2.45) is 0 Å². The number of likely N-dealkylation sites (tertiary alicyclic amines) is 1. The van der Waals surface area contributed by atoms with E-state index < -0.39 is 0 Å². The second-order valence-corrected chi connectivity index (χ2v) is 9.58. The largest absolute Gasteiger partial charge is 0.486 e. The molecule has 7 nitrogen and oxygen atoms in total. The Labute approximate surface area is 206 Å². The van der Waals surface area contributed by atoms with Gasteiger partial charge in [-0.2, -0.15) is 0 Å². The standard InChI is InChI=1S/C25H24ClN3O4S/c1-2-9-29-24(31)18-14-17(26)6-7-19(18)27-25(29)34-15-23(30)28-10-3-4-20(28)16-5-8-21-22(13-16)33-12-11-32-21/h2,5-8,13-14,20H,1,3-4,9-12,15H2/t20-/m0/s1. The number of nitrogens with zero attached hydrogens (tertiary/aromatic N) is 3. The number of thioether (sulfide) groups is 1. The van der Waals surface area contributed by atoms with Crippen LogP contribution in [0.2, 0.25) is 5.02 Å². The minimum atomic E-state index is -0.197. The Hall–Kier alpha value is -2.97. The lowest BCUT2D eigenvalue weighted by Crippen LogP contribution is -2.32. The van der Waals surface area contributed by atoms with E-state index in [0.717, 1.165) is 29.9 Å². The van der Waals surface area contributed by atoms with Crippen LogP contribution < -0.4 is 15.0 Å². The molecule has 2 aliphatic heterocycles. The van der Waals surface area contributed by atoms with Crippen LogP contribution in [0.4, 0.5) is 0 Å². The summed E-state index contributed by atoms with van der Waals surface area (Å²) in [5.74, 6) is 1.67. The maximum absolute atomic E-state index is 13.2. The zero-order valence-corrected chi connectivity index (χ0v) is 20.1. The van der Waals surface area contributed by atoms with Gasteiger partial charge in [-0.25, -0.2) is 4.98 Å². The number of carbonyl (C=O) groups excluding carboxylic acids is 1. The highest BCUT2D eigenvalue weighted by atomic mass is 35.5. The van der Waals surface area contributed by atoms with E-state index in [4.69, 9.17) is 21.1 Å². The zero-order chi connectivity index (χ0) is 23.7. The predicted molar refractivity (Wildman–Crippen MR) is 133 cm³/mol. The first-order valence-corrected chi connectivity index (χ1v) is 12.5. The molecule has 9 heteroatoms. The highest BCUT2D eigenvalue weighted by Gasteiger charge is 2.31. The molecule has 1 atom stereocenters. The number of ether oxygens (including phenoxy) is 2. The van der Waals surface area contributed by atoms with Crippen LogP contribution in [0.5, 0.6) is 11.5 Å². The van der Waals surface area contributed by atoms with Crippen molar-refractivity contribution in [3.63, 3.8) is 0 Å². The third kappa shape index (κ3) is 4.40. The van der Waals surface area contributed by atoms with Gasteiger partial charge >= 0.3 is 0 Å². The second kappa shape index (κ2) is 9.72. The van der Waals surface area contributed by atoms with Crippen molar-refractivity contribution in [1.29, 1.82) is 0 Å². The number of allylic oxidation sites excluding steroid dienone is 1. The Morgan fingerprint density at radius 1 is 1.21 bits per heavy atom. The first-order chi connectivity index (χ1) is 16.5. The summed E-state index contributed by atoms with van der Waals surface area (Å²) in [5, 5.41) is 1.41. The number of benzene rings is 2. The third-order valence-electron chi connectivity index (χ3n) is 6.04. The maximum Gasteiger partial charge on any atom is 0.262 e. The van der Waals surface area contributed by atoms with Crippen molar-refractivity contribution in [1.82, 2.24) is 14.5 Å². The minimum absolute atomic E-state index is 0.00833. The Kier molecular flexibility index (Phi) is 6.52. The van der Waals surface area contributed by atoms with E-state index in [-0.39, 0.29) is 23.3 Å². The van der Waals surface area contributed by atoms with Crippen LogP contribution >= 0.6 is 23.4 Å². The van der Waals surface area contributed by atoms with Crippen LogP contribution in [0.1, 0.15) is 24.4 Å². The van der Waals surface area contributed by atoms with Crippen LogP contribution in [-0.4, -0.2) is 45.9 Å². The van der Waals surface area contributed by atoms with Crippen LogP contribution in [0.25, 0.3) is 10.9 Å². The number of aromatic nitrogens is 2. The van der Waals surface area contributed by atoms with E-state index in [1.807, 2.05) is 23.1 Å². The molecule has 3 heterocycles. The Morgan fingerprint density at radius 2 is 2.03 bits per heavy atom. The topological polar surface area (TPSA) is 73.7 Å². The third-order valence-corrected chi connectivity index (χ3v) is 7.24. The van der Waals surface area contributed by atoms with Gasteiger partial charge in [0.1, 0.15) is 13.2 Å². The van der Waals surface area contributed by atoms with Gasteiger partial charge in [0.25, 0.3) is 5.56 Å². The van der Waals surface area contributed by atoms with Crippen molar-refractivity contribution in [2.45, 2.75) is 30.6 Å². The predicted octanol–water partition coefficient (Wildman–Crippen LogP) is 4.46. The fraction of sp³-hybridized carbons (Fsp3) is 0.320. The zero-order valence-electron chi connectivity index (χ0n) is 18.5. The van der Waals surface area contributed by atoms with E-state index in [9.17, 15) is 9.59 Å². The van der Waals surface area contributed by atoms with Crippen LogP contribution in [0.15, 0.2) is 59.0 Å². The van der Waals surface area contributed by atoms with Gasteiger partial charge in [-0.1, -0.05) is 35.5 Å². The van der Waals surface area contributed by atoms with Crippen LogP contribution in [-0.2, 0) is 11.3 Å². The van der Waals surface area contributed by atoms with Gasteiger partial charge in [-0.3, -0.25) is 14.2 Å². The summed E-state index contributed by atoms with van der Waals surface area (Å²) < 4.78 is 12.9. The molecule has 1 aromatic heterocycles. The SMILES string of the molecule is C=CCn1c(SCC(=O)N2CCC[C@H]2c2ccc3c(c2)OCCO3)nc2ccc(Cl)cc2c1=O. The lowest BCUT2D eigenvalue weighted by atomic mass is 10.0. The number of rotatable bonds is 6. The Morgan fingerprint density at radius 3 is 2.85 bits per heavy atom. The van der Waals surface area contributed by atoms with Gasteiger partial charge in [-0.05, 0) is 48.7 Å². The molecule has 0 bridgehead atoms. The molecule has 2 aromatic carbocycles. The molecular formula is C25H24ClN3O4S. The van der Waals surface area contributed by atoms with E-state index in [1.54, 1.807) is 24.3 Å². The molecule has 0 aliphatic carbocycles. The van der Waals surface area contributed by atoms with Gasteiger partial charge in [0, 0.05) is 18.1 Å². The van der Waals surface area contributed by atoms with Gasteiger partial charge in [-0.15, -0.1) is 6.58 Å². The molecule has 0 saturated carbocycles. The van der Waals surface area contributed by atoms with Crippen molar-refractivity contribution in [3.05, 3.63) is 70.0 Å². The molecule has 0 N–H and O–H groups in total. The van der Waals surface area contributed by atoms with Crippen molar-refractivity contribution >= 4 is 40.2 Å². The lowest BCUT2D eigenvalue weighted by molar-refractivity contribution is -0.129. The first kappa shape index (κ1) is 22.8. The molecule has 1 saturated heterocycles. The normalized spacial score (nSPS) is 17.2. The second-order valence-electron chi connectivity index (χ2n) is 8.20. The van der Waals surface area contributed by atoms with Crippen LogP contribution in [0, 0.1) is 0 Å². The monoisotopic (exact) mass is 497 g/mol. The summed E-state index contributed by atoms with van der Waals surface area (Å²) in [6, 6.07) is 10.9. The van der Waals surface area contributed by atoms with Crippen LogP contribution in [0.3, 0.4) is 0 Å². The van der Waals surface area contributed by atoms with Crippen molar-refractivity contribution < 1.29 is 14.3 Å². The Bertz CT molecular complexity index is 1330. The molecule has 3 aromatic rings. The number of fused-ring (bicyclic) bond motifs is 2. The molecule has 1 fully saturated rings. The van der Waals surface area contributed by atoms with E-state index in [1.165, 1.54) is 16.3 Å². The first-order valence-electron chi connectivity index (χ1n) is 11.2. The van der Waals surface area contributed by atoms with Crippen molar-refractivity contribution in [3.8, 4) is 11.5 Å². The fourth-order valence-corrected chi connectivity index (χ4v) is 5.53. The number of carbonyl (C=O) groups is 1. The quantitative estimate of drug-likeness (QED) is 0.284.